The summed E-state index contributed by atoms with van der Waals surface area (Å²) in [5.41, 5.74) is -0.0129. The average Bonchev–Trinajstić information content (AvgIpc) is 3.02. The Labute approximate surface area is 158 Å². The molecule has 0 amide bonds. The third-order valence-corrected chi connectivity index (χ3v) is 7.25. The molecule has 1 saturated heterocycles. The number of nitrogens with zero attached hydrogens (tertiary/aromatic N) is 4. The molecule has 144 valence electrons. The molecule has 1 saturated carbocycles. The summed E-state index contributed by atoms with van der Waals surface area (Å²) in [5, 5.41) is 14.8. The molecule has 0 radical (unpaired) electrons. The van der Waals surface area contributed by atoms with E-state index in [2.05, 4.69) is 20.9 Å². The number of pyridine rings is 1. The maximum atomic E-state index is 12.9. The van der Waals surface area contributed by atoms with E-state index in [4.69, 9.17) is 4.74 Å². The smallest absolute Gasteiger partial charge is 0.243 e. The highest BCUT2D eigenvalue weighted by atomic mass is 32.2. The van der Waals surface area contributed by atoms with E-state index >= 15 is 0 Å². The van der Waals surface area contributed by atoms with Crippen LogP contribution in [0.2, 0.25) is 0 Å². The molecule has 1 unspecified atom stereocenters. The number of ether oxygens (including phenoxy) is 1. The van der Waals surface area contributed by atoms with Crippen LogP contribution in [-0.4, -0.2) is 41.9 Å². The van der Waals surface area contributed by atoms with Crippen LogP contribution in [0.4, 0.5) is 0 Å². The Morgan fingerprint density at radius 2 is 2.04 bits per heavy atom. The second-order valence-electron chi connectivity index (χ2n) is 8.10. The van der Waals surface area contributed by atoms with Crippen LogP contribution in [0.1, 0.15) is 44.8 Å². The van der Waals surface area contributed by atoms with E-state index in [0.717, 1.165) is 18.5 Å². The molecule has 1 aliphatic heterocycles. The Bertz CT molecular complexity index is 1050. The molecule has 1 N–H and O–H groups in total. The SMILES string of the molecule is Cc1nn(C2CCOCC2)c2ncc(S(=O)(=O)NC3(C#N)CC3(C)C)cc12. The summed E-state index contributed by atoms with van der Waals surface area (Å²) in [4.78, 5) is 4.47. The standard InChI is InChI=1S/C18H23N5O3S/c1-12-15-8-14(27(24,25)22-18(11-19)10-17(18,2)3)9-20-16(15)23(21-12)13-4-6-26-7-5-13/h8-9,13,22H,4-7,10H2,1-3H3. The topological polar surface area (TPSA) is 110 Å². The first-order valence-corrected chi connectivity index (χ1v) is 10.6. The highest BCUT2D eigenvalue weighted by Gasteiger charge is 2.64. The van der Waals surface area contributed by atoms with Gasteiger partial charge in [0.25, 0.3) is 0 Å². The minimum atomic E-state index is -3.85. The van der Waals surface area contributed by atoms with Gasteiger partial charge in [-0.15, -0.1) is 0 Å². The first kappa shape index (κ1) is 18.3. The van der Waals surface area contributed by atoms with Crippen LogP contribution < -0.4 is 4.72 Å². The molecule has 9 heteroatoms. The predicted molar refractivity (Wildman–Crippen MR) is 98.4 cm³/mol. The van der Waals surface area contributed by atoms with E-state index in [1.807, 2.05) is 25.5 Å². The summed E-state index contributed by atoms with van der Waals surface area (Å²) in [7, 11) is -3.85. The normalized spacial score (nSPS) is 25.4. The van der Waals surface area contributed by atoms with Crippen LogP contribution >= 0.6 is 0 Å². The Morgan fingerprint density at radius 3 is 2.63 bits per heavy atom. The first-order valence-electron chi connectivity index (χ1n) is 9.07. The Morgan fingerprint density at radius 1 is 1.37 bits per heavy atom. The van der Waals surface area contributed by atoms with Crippen LogP contribution in [0, 0.1) is 23.7 Å². The van der Waals surface area contributed by atoms with Crippen molar-refractivity contribution in [1.29, 1.82) is 5.26 Å². The van der Waals surface area contributed by atoms with Crippen molar-refractivity contribution < 1.29 is 13.2 Å². The molecule has 3 heterocycles. The summed E-state index contributed by atoms with van der Waals surface area (Å²) >= 11 is 0. The summed E-state index contributed by atoms with van der Waals surface area (Å²) < 4.78 is 35.6. The molecule has 1 aliphatic carbocycles. The number of hydrogen-bond donors (Lipinski definition) is 1. The minimum absolute atomic E-state index is 0.0574. The molecule has 2 aromatic rings. The zero-order valence-electron chi connectivity index (χ0n) is 15.7. The van der Waals surface area contributed by atoms with Crippen molar-refractivity contribution in [3.05, 3.63) is 18.0 Å². The number of nitrogens with one attached hydrogen (secondary N) is 1. The third-order valence-electron chi connectivity index (χ3n) is 5.79. The third kappa shape index (κ3) is 2.92. The van der Waals surface area contributed by atoms with Gasteiger partial charge in [-0.2, -0.15) is 15.1 Å². The van der Waals surface area contributed by atoms with Gasteiger partial charge in [0.15, 0.2) is 5.65 Å². The number of sulfonamides is 1. The average molecular weight is 389 g/mol. The van der Waals surface area contributed by atoms with Crippen molar-refractivity contribution in [1.82, 2.24) is 19.5 Å². The summed E-state index contributed by atoms with van der Waals surface area (Å²) in [5.74, 6) is 0. The number of hydrogen-bond acceptors (Lipinski definition) is 6. The lowest BCUT2D eigenvalue weighted by Gasteiger charge is -2.22. The molecular weight excluding hydrogens is 366 g/mol. The highest BCUT2D eigenvalue weighted by molar-refractivity contribution is 7.89. The van der Waals surface area contributed by atoms with Gasteiger partial charge in [0.2, 0.25) is 10.0 Å². The van der Waals surface area contributed by atoms with Crippen molar-refractivity contribution in [3.8, 4) is 6.07 Å². The number of nitriles is 1. The molecule has 2 aromatic heterocycles. The van der Waals surface area contributed by atoms with Crippen molar-refractivity contribution in [2.75, 3.05) is 13.2 Å². The summed E-state index contributed by atoms with van der Waals surface area (Å²) in [6.07, 6.45) is 3.56. The maximum Gasteiger partial charge on any atom is 0.243 e. The molecule has 2 fully saturated rings. The lowest BCUT2D eigenvalue weighted by atomic mass is 10.1. The summed E-state index contributed by atoms with van der Waals surface area (Å²) in [6, 6.07) is 3.93. The second kappa shape index (κ2) is 5.99. The van der Waals surface area contributed by atoms with Gasteiger partial charge >= 0.3 is 0 Å². The number of rotatable bonds is 4. The van der Waals surface area contributed by atoms with Crippen LogP contribution in [-0.2, 0) is 14.8 Å². The van der Waals surface area contributed by atoms with Crippen molar-refractivity contribution in [3.63, 3.8) is 0 Å². The van der Waals surface area contributed by atoms with Crippen molar-refractivity contribution in [2.24, 2.45) is 5.41 Å². The van der Waals surface area contributed by atoms with Gasteiger partial charge in [0, 0.05) is 30.2 Å². The van der Waals surface area contributed by atoms with Gasteiger partial charge in [0.05, 0.1) is 17.8 Å². The van der Waals surface area contributed by atoms with E-state index in [-0.39, 0.29) is 16.4 Å². The van der Waals surface area contributed by atoms with Gasteiger partial charge in [-0.3, -0.25) is 0 Å². The fraction of sp³-hybridized carbons (Fsp3) is 0.611. The molecule has 0 spiro atoms. The molecular formula is C18H23N5O3S. The van der Waals surface area contributed by atoms with Crippen LogP contribution in [0.5, 0.6) is 0 Å². The van der Waals surface area contributed by atoms with Gasteiger partial charge in [-0.1, -0.05) is 13.8 Å². The fourth-order valence-electron chi connectivity index (χ4n) is 3.78. The van der Waals surface area contributed by atoms with Gasteiger partial charge < -0.3 is 4.74 Å². The zero-order chi connectivity index (χ0) is 19.4. The monoisotopic (exact) mass is 389 g/mol. The largest absolute Gasteiger partial charge is 0.381 e. The number of aryl methyl sites for hydroxylation is 1. The summed E-state index contributed by atoms with van der Waals surface area (Å²) in [6.45, 7) is 6.98. The van der Waals surface area contributed by atoms with Crippen molar-refractivity contribution in [2.45, 2.75) is 56.5 Å². The quantitative estimate of drug-likeness (QED) is 0.857. The van der Waals surface area contributed by atoms with E-state index < -0.39 is 15.6 Å². The zero-order valence-corrected chi connectivity index (χ0v) is 16.5. The number of fused-ring (bicyclic) bond motifs is 1. The van der Waals surface area contributed by atoms with Gasteiger partial charge in [-0.25, -0.2) is 18.1 Å². The lowest BCUT2D eigenvalue weighted by Crippen LogP contribution is -2.39. The molecule has 4 rings (SSSR count). The maximum absolute atomic E-state index is 12.9. The molecule has 27 heavy (non-hydrogen) atoms. The van der Waals surface area contributed by atoms with Crippen LogP contribution in [0.15, 0.2) is 17.2 Å². The number of aromatic nitrogens is 3. The van der Waals surface area contributed by atoms with E-state index in [1.54, 1.807) is 6.07 Å². The highest BCUT2D eigenvalue weighted by Crippen LogP contribution is 2.55. The molecule has 1 atom stereocenters. The fourth-order valence-corrected chi connectivity index (χ4v) is 5.21. The van der Waals surface area contributed by atoms with E-state index in [1.165, 1.54) is 6.20 Å². The lowest BCUT2D eigenvalue weighted by molar-refractivity contribution is 0.0672. The van der Waals surface area contributed by atoms with E-state index in [9.17, 15) is 13.7 Å². The molecule has 8 nitrogen and oxygen atoms in total. The second-order valence-corrected chi connectivity index (χ2v) is 9.78. The first-order chi connectivity index (χ1) is 12.7. The van der Waals surface area contributed by atoms with Crippen LogP contribution in [0.25, 0.3) is 11.0 Å². The van der Waals surface area contributed by atoms with E-state index in [0.29, 0.717) is 30.7 Å². The van der Waals surface area contributed by atoms with Crippen LogP contribution in [0.3, 0.4) is 0 Å². The van der Waals surface area contributed by atoms with Crippen molar-refractivity contribution >= 4 is 21.1 Å². The van der Waals surface area contributed by atoms with Gasteiger partial charge in [0.1, 0.15) is 10.4 Å². The predicted octanol–water partition coefficient (Wildman–Crippen LogP) is 2.06. The van der Waals surface area contributed by atoms with Gasteiger partial charge in [-0.05, 0) is 32.3 Å². The molecule has 0 bridgehead atoms. The molecule has 2 aliphatic rings. The Balaban J connectivity index is 1.70. The Kier molecular flexibility index (Phi) is 4.07. The molecule has 0 aromatic carbocycles. The Hall–Kier alpha value is -2.02. The minimum Gasteiger partial charge on any atom is -0.381 e.